The Balaban J connectivity index is 2.62. The first-order valence-corrected chi connectivity index (χ1v) is 5.65. The van der Waals surface area contributed by atoms with Gasteiger partial charge in [-0.1, -0.05) is 27.5 Å². The molecule has 0 amide bonds. The topological polar surface area (TPSA) is 0 Å². The van der Waals surface area contributed by atoms with Gasteiger partial charge < -0.3 is 0 Å². The lowest BCUT2D eigenvalue weighted by atomic mass is 10.1. The van der Waals surface area contributed by atoms with Crippen LogP contribution in [0.2, 0.25) is 5.02 Å². The highest BCUT2D eigenvalue weighted by Crippen LogP contribution is 2.31. The van der Waals surface area contributed by atoms with E-state index in [1.54, 1.807) is 12.1 Å². The fourth-order valence-electron chi connectivity index (χ4n) is 1.41. The van der Waals surface area contributed by atoms with E-state index >= 15 is 0 Å². The van der Waals surface area contributed by atoms with Crippen LogP contribution >= 0.6 is 27.5 Å². The first-order valence-electron chi connectivity index (χ1n) is 4.48. The van der Waals surface area contributed by atoms with Crippen molar-refractivity contribution in [3.8, 4) is 11.1 Å². The zero-order valence-corrected chi connectivity index (χ0v) is 10.3. The molecule has 0 radical (unpaired) electrons. The second-order valence-corrected chi connectivity index (χ2v) is 4.54. The molecular formula is C12H6BrClF2. The van der Waals surface area contributed by atoms with E-state index < -0.39 is 11.6 Å². The van der Waals surface area contributed by atoms with Crippen molar-refractivity contribution in [2.24, 2.45) is 0 Å². The third-order valence-corrected chi connectivity index (χ3v) is 3.08. The van der Waals surface area contributed by atoms with Crippen molar-refractivity contribution in [2.75, 3.05) is 0 Å². The van der Waals surface area contributed by atoms with Gasteiger partial charge >= 0.3 is 0 Å². The van der Waals surface area contributed by atoms with Crippen molar-refractivity contribution >= 4 is 27.5 Å². The second kappa shape index (κ2) is 4.52. The van der Waals surface area contributed by atoms with E-state index in [2.05, 4.69) is 15.9 Å². The second-order valence-electron chi connectivity index (χ2n) is 3.25. The quantitative estimate of drug-likeness (QED) is 0.692. The van der Waals surface area contributed by atoms with Gasteiger partial charge in [0.05, 0.1) is 0 Å². The van der Waals surface area contributed by atoms with Crippen LogP contribution in [0.25, 0.3) is 11.1 Å². The van der Waals surface area contributed by atoms with E-state index in [0.29, 0.717) is 20.6 Å². The van der Waals surface area contributed by atoms with E-state index in [9.17, 15) is 8.78 Å². The van der Waals surface area contributed by atoms with Gasteiger partial charge in [0.2, 0.25) is 0 Å². The van der Waals surface area contributed by atoms with Crippen molar-refractivity contribution in [2.45, 2.75) is 0 Å². The highest BCUT2D eigenvalue weighted by atomic mass is 79.9. The smallest absolute Gasteiger partial charge is 0.132 e. The number of hydrogen-bond acceptors (Lipinski definition) is 0. The molecule has 2 aromatic carbocycles. The average Bonchev–Trinajstić information content (AvgIpc) is 2.22. The maximum absolute atomic E-state index is 13.6. The molecule has 0 aliphatic carbocycles. The SMILES string of the molecule is Fc1ccc(Br)c(-c2ccc(Cl)cc2F)c1. The summed E-state index contributed by atoms with van der Waals surface area (Å²) in [6.45, 7) is 0. The van der Waals surface area contributed by atoms with Gasteiger partial charge in [0.15, 0.2) is 0 Å². The third kappa shape index (κ3) is 2.25. The van der Waals surface area contributed by atoms with E-state index in [1.807, 2.05) is 0 Å². The molecule has 0 nitrogen and oxygen atoms in total. The summed E-state index contributed by atoms with van der Waals surface area (Å²) in [5, 5.41) is 0.314. The largest absolute Gasteiger partial charge is 0.207 e. The van der Waals surface area contributed by atoms with Gasteiger partial charge in [-0.05, 0) is 36.4 Å². The molecule has 82 valence electrons. The molecule has 2 rings (SSSR count). The molecule has 0 saturated heterocycles. The average molecular weight is 304 g/mol. The van der Waals surface area contributed by atoms with Gasteiger partial charge in [0.1, 0.15) is 11.6 Å². The molecule has 0 bridgehead atoms. The molecular weight excluding hydrogens is 297 g/mol. The molecule has 0 unspecified atom stereocenters. The Morgan fingerprint density at radius 1 is 0.938 bits per heavy atom. The third-order valence-electron chi connectivity index (χ3n) is 2.15. The van der Waals surface area contributed by atoms with Gasteiger partial charge in [-0.2, -0.15) is 0 Å². The molecule has 16 heavy (non-hydrogen) atoms. The number of rotatable bonds is 1. The Kier molecular flexibility index (Phi) is 3.26. The first-order chi connectivity index (χ1) is 7.58. The number of benzene rings is 2. The Hall–Kier alpha value is -0.930. The predicted molar refractivity (Wildman–Crippen MR) is 64.5 cm³/mol. The number of hydrogen-bond donors (Lipinski definition) is 0. The fourth-order valence-corrected chi connectivity index (χ4v) is 2.03. The molecule has 0 aromatic heterocycles. The Morgan fingerprint density at radius 3 is 2.38 bits per heavy atom. The van der Waals surface area contributed by atoms with E-state index in [1.165, 1.54) is 24.3 Å². The van der Waals surface area contributed by atoms with Crippen molar-refractivity contribution in [3.63, 3.8) is 0 Å². The zero-order valence-electron chi connectivity index (χ0n) is 7.98. The molecule has 0 spiro atoms. The summed E-state index contributed by atoms with van der Waals surface area (Å²) in [7, 11) is 0. The summed E-state index contributed by atoms with van der Waals surface area (Å²) in [4.78, 5) is 0. The van der Waals surface area contributed by atoms with E-state index in [-0.39, 0.29) is 0 Å². The van der Waals surface area contributed by atoms with Gasteiger partial charge in [-0.3, -0.25) is 0 Å². The Labute approximate surface area is 105 Å². The Bertz CT molecular complexity index is 541. The lowest BCUT2D eigenvalue weighted by Gasteiger charge is -2.06. The minimum atomic E-state index is -0.473. The van der Waals surface area contributed by atoms with Crippen LogP contribution in [-0.2, 0) is 0 Å². The van der Waals surface area contributed by atoms with Crippen molar-refractivity contribution in [1.82, 2.24) is 0 Å². The van der Waals surface area contributed by atoms with Crippen LogP contribution in [0.4, 0.5) is 8.78 Å². The molecule has 0 aliphatic rings. The lowest BCUT2D eigenvalue weighted by Crippen LogP contribution is -1.87. The Morgan fingerprint density at radius 2 is 1.69 bits per heavy atom. The van der Waals surface area contributed by atoms with Gasteiger partial charge in [-0.15, -0.1) is 0 Å². The van der Waals surface area contributed by atoms with Crippen LogP contribution in [-0.4, -0.2) is 0 Å². The van der Waals surface area contributed by atoms with Gasteiger partial charge in [-0.25, -0.2) is 8.78 Å². The maximum atomic E-state index is 13.6. The molecule has 4 heteroatoms. The highest BCUT2D eigenvalue weighted by molar-refractivity contribution is 9.10. The summed E-state index contributed by atoms with van der Waals surface area (Å²) >= 11 is 8.90. The molecule has 0 fully saturated rings. The fraction of sp³-hybridized carbons (Fsp3) is 0. The van der Waals surface area contributed by atoms with Crippen LogP contribution in [0, 0.1) is 11.6 Å². The minimum absolute atomic E-state index is 0.314. The normalized spacial score (nSPS) is 10.5. The van der Waals surface area contributed by atoms with Gasteiger partial charge in [0, 0.05) is 20.6 Å². The molecule has 0 N–H and O–H groups in total. The predicted octanol–water partition coefficient (Wildman–Crippen LogP) is 5.05. The van der Waals surface area contributed by atoms with Crippen LogP contribution in [0.15, 0.2) is 40.9 Å². The molecule has 0 atom stereocenters. The van der Waals surface area contributed by atoms with Crippen molar-refractivity contribution in [3.05, 3.63) is 57.5 Å². The summed E-state index contributed by atoms with van der Waals surface area (Å²) in [5.74, 6) is -0.883. The summed E-state index contributed by atoms with van der Waals surface area (Å²) in [5.41, 5.74) is 0.782. The first kappa shape index (κ1) is 11.6. The highest BCUT2D eigenvalue weighted by Gasteiger charge is 2.09. The monoisotopic (exact) mass is 302 g/mol. The van der Waals surface area contributed by atoms with Crippen LogP contribution in [0.3, 0.4) is 0 Å². The van der Waals surface area contributed by atoms with Gasteiger partial charge in [0.25, 0.3) is 0 Å². The van der Waals surface area contributed by atoms with E-state index in [0.717, 1.165) is 0 Å². The summed E-state index contributed by atoms with van der Waals surface area (Å²) in [6, 6.07) is 8.42. The van der Waals surface area contributed by atoms with E-state index in [4.69, 9.17) is 11.6 Å². The molecule has 0 aliphatic heterocycles. The summed E-state index contributed by atoms with van der Waals surface area (Å²) < 4.78 is 27.3. The molecule has 0 saturated carbocycles. The molecule has 0 heterocycles. The van der Waals surface area contributed by atoms with Crippen molar-refractivity contribution < 1.29 is 8.78 Å². The minimum Gasteiger partial charge on any atom is -0.207 e. The lowest BCUT2D eigenvalue weighted by molar-refractivity contribution is 0.624. The maximum Gasteiger partial charge on any atom is 0.132 e. The summed E-state index contributed by atoms with van der Waals surface area (Å²) in [6.07, 6.45) is 0. The number of halogens is 4. The van der Waals surface area contributed by atoms with Crippen LogP contribution < -0.4 is 0 Å². The molecule has 2 aromatic rings. The van der Waals surface area contributed by atoms with Crippen LogP contribution in [0.5, 0.6) is 0 Å². The standard InChI is InChI=1S/C12H6BrClF2/c13-11-4-2-8(15)6-10(11)9-3-1-7(14)5-12(9)16/h1-6H. The van der Waals surface area contributed by atoms with Crippen molar-refractivity contribution in [1.29, 1.82) is 0 Å². The zero-order chi connectivity index (χ0) is 11.7. The van der Waals surface area contributed by atoms with Crippen LogP contribution in [0.1, 0.15) is 0 Å².